The van der Waals surface area contributed by atoms with E-state index in [2.05, 4.69) is 42.5 Å². The molecule has 8 atom stereocenters. The van der Waals surface area contributed by atoms with Crippen LogP contribution in [0.15, 0.2) is 0 Å². The summed E-state index contributed by atoms with van der Waals surface area (Å²) >= 11 is 0. The summed E-state index contributed by atoms with van der Waals surface area (Å²) in [7, 11) is 0. The van der Waals surface area contributed by atoms with Crippen LogP contribution in [0.3, 0.4) is 0 Å². The first-order valence-electron chi connectivity index (χ1n) is 17.9. The SMILES string of the molecule is C1CCC2C3NC(NC4NC(NC5NC(NC6NC(N3)C3CCCCC63)C3CCCCC53)C3CCCCC43)C2C1.[PbH2]. The van der Waals surface area contributed by atoms with E-state index in [0.29, 0.717) is 49.3 Å². The van der Waals surface area contributed by atoms with Gasteiger partial charge in [0, 0.05) is 0 Å². The van der Waals surface area contributed by atoms with Gasteiger partial charge in [-0.15, -0.1) is 0 Å². The zero-order valence-corrected chi connectivity index (χ0v) is 30.8. The fourth-order valence-corrected chi connectivity index (χ4v) is 12.0. The first-order chi connectivity index (χ1) is 19.8. The number of fused-ring (bicyclic) bond motifs is 20. The van der Waals surface area contributed by atoms with Gasteiger partial charge in [0.2, 0.25) is 0 Å². The molecule has 9 aliphatic rings. The molecular weight excluding hydrogens is 704 g/mol. The average Bonchev–Trinajstić information content (AvgIpc) is 3.73. The normalized spacial score (nSPS) is 56.2. The number of nitrogens with one attached hydrogen (secondary N) is 8. The van der Waals surface area contributed by atoms with Crippen LogP contribution < -0.4 is 42.5 Å². The molecule has 8 N–H and O–H groups in total. The molecule has 230 valence electrons. The molecule has 5 heterocycles. The van der Waals surface area contributed by atoms with Crippen molar-refractivity contribution < 1.29 is 0 Å². The standard InChI is InChI=1S/C32H56N8.Pb.2H/c1-2-10-18-17(9-1)25-33-26(18)38-28-21-13-5-6-14-22(21)30(35-28)40-32-24-16-8-7-15-23(24)31(36-32)39-29-20-12-4-3-11-19(20)27(34-29)37-25;;;/h17-40H,1-16H2;;;. The van der Waals surface area contributed by atoms with Crippen molar-refractivity contribution in [2.45, 2.75) is 152 Å². The third-order valence-electron chi connectivity index (χ3n) is 13.8. The van der Waals surface area contributed by atoms with Gasteiger partial charge in [-0.05, 0) is 98.7 Å². The minimum absolute atomic E-state index is 0. The van der Waals surface area contributed by atoms with E-state index in [1.807, 2.05) is 0 Å². The van der Waals surface area contributed by atoms with E-state index in [4.69, 9.17) is 0 Å². The van der Waals surface area contributed by atoms with Gasteiger partial charge in [-0.25, -0.2) is 0 Å². The zero-order chi connectivity index (χ0) is 26.2. The van der Waals surface area contributed by atoms with Crippen molar-refractivity contribution in [1.82, 2.24) is 42.5 Å². The first kappa shape index (κ1) is 29.0. The summed E-state index contributed by atoms with van der Waals surface area (Å²) in [5, 5.41) is 33.8. The molecule has 0 spiro atoms. The fourth-order valence-electron chi connectivity index (χ4n) is 12.0. The van der Waals surface area contributed by atoms with Crippen molar-refractivity contribution >= 4 is 27.3 Å². The van der Waals surface area contributed by atoms with E-state index in [-0.39, 0.29) is 27.3 Å². The van der Waals surface area contributed by atoms with Gasteiger partial charge >= 0.3 is 27.3 Å². The van der Waals surface area contributed by atoms with Crippen LogP contribution in [0.2, 0.25) is 0 Å². The van der Waals surface area contributed by atoms with E-state index >= 15 is 0 Å². The van der Waals surface area contributed by atoms with Gasteiger partial charge < -0.3 is 0 Å². The minimum atomic E-state index is 0. The predicted octanol–water partition coefficient (Wildman–Crippen LogP) is 1.69. The van der Waals surface area contributed by atoms with Crippen LogP contribution in [0.5, 0.6) is 0 Å². The van der Waals surface area contributed by atoms with Crippen LogP contribution in [0.4, 0.5) is 0 Å². The van der Waals surface area contributed by atoms with Gasteiger partial charge in [-0.2, -0.15) is 0 Å². The summed E-state index contributed by atoms with van der Waals surface area (Å²) in [4.78, 5) is 0. The molecule has 41 heavy (non-hydrogen) atoms. The second-order valence-corrected chi connectivity index (χ2v) is 15.6. The first-order valence-corrected chi connectivity index (χ1v) is 17.9. The van der Waals surface area contributed by atoms with Crippen molar-refractivity contribution in [1.29, 1.82) is 0 Å². The number of rotatable bonds is 0. The molecule has 8 bridgehead atoms. The van der Waals surface area contributed by atoms with Crippen molar-refractivity contribution in [3.8, 4) is 0 Å². The van der Waals surface area contributed by atoms with Crippen LogP contribution >= 0.6 is 0 Å². The van der Waals surface area contributed by atoms with Crippen LogP contribution in [-0.4, -0.2) is 76.6 Å². The molecule has 0 aromatic rings. The molecule has 8 unspecified atom stereocenters. The zero-order valence-electron chi connectivity index (χ0n) is 25.3. The van der Waals surface area contributed by atoms with Crippen LogP contribution in [0.1, 0.15) is 103 Å². The molecule has 4 aliphatic carbocycles. The Morgan fingerprint density at radius 1 is 0.220 bits per heavy atom. The molecule has 9 heteroatoms. The molecule has 8 nitrogen and oxygen atoms in total. The Kier molecular flexibility index (Phi) is 8.55. The molecule has 9 fully saturated rings. The summed E-state index contributed by atoms with van der Waals surface area (Å²) < 4.78 is 0. The topological polar surface area (TPSA) is 96.2 Å². The quantitative estimate of drug-likeness (QED) is 0.177. The molecule has 0 amide bonds. The van der Waals surface area contributed by atoms with Crippen LogP contribution in [0.25, 0.3) is 0 Å². The molecule has 5 saturated heterocycles. The average molecular weight is 762 g/mol. The Bertz CT molecular complexity index is 716. The molecule has 0 aromatic carbocycles. The summed E-state index contributed by atoms with van der Waals surface area (Å²) in [6, 6.07) is 0. The Morgan fingerprint density at radius 2 is 0.341 bits per heavy atom. The van der Waals surface area contributed by atoms with Gasteiger partial charge in [0.15, 0.2) is 0 Å². The van der Waals surface area contributed by atoms with E-state index in [9.17, 15) is 0 Å². The van der Waals surface area contributed by atoms with Gasteiger partial charge in [-0.1, -0.05) is 51.4 Å². The molecule has 0 aromatic heterocycles. The van der Waals surface area contributed by atoms with Gasteiger partial charge in [-0.3, -0.25) is 42.5 Å². The van der Waals surface area contributed by atoms with E-state index in [0.717, 1.165) is 47.3 Å². The van der Waals surface area contributed by atoms with E-state index in [1.165, 1.54) is 103 Å². The monoisotopic (exact) mass is 762 g/mol. The Hall–Kier alpha value is 0.602. The summed E-state index contributed by atoms with van der Waals surface area (Å²) in [6.07, 6.45) is 25.6. The second kappa shape index (κ2) is 12.1. The number of hydrogen-bond acceptors (Lipinski definition) is 8. The fraction of sp³-hybridized carbons (Fsp3) is 1.00. The molecule has 4 saturated carbocycles. The van der Waals surface area contributed by atoms with E-state index in [1.54, 1.807) is 0 Å². The molecule has 9 rings (SSSR count). The molecular formula is C32H58N8Pb. The Balaban J connectivity index is 0.00000256. The molecule has 2 radical (unpaired) electrons. The summed E-state index contributed by atoms with van der Waals surface area (Å²) in [5.41, 5.74) is 0. The van der Waals surface area contributed by atoms with Crippen molar-refractivity contribution in [2.75, 3.05) is 0 Å². The maximum absolute atomic E-state index is 4.26. The molecule has 5 aliphatic heterocycles. The third kappa shape index (κ3) is 5.13. The van der Waals surface area contributed by atoms with Crippen LogP contribution in [0, 0.1) is 47.3 Å². The van der Waals surface area contributed by atoms with Gasteiger partial charge in [0.05, 0.1) is 49.3 Å². The maximum atomic E-state index is 4.26. The Labute approximate surface area is 268 Å². The van der Waals surface area contributed by atoms with Crippen molar-refractivity contribution in [2.24, 2.45) is 47.3 Å². The number of hydrogen-bond donors (Lipinski definition) is 8. The summed E-state index contributed by atoms with van der Waals surface area (Å²) in [6.45, 7) is 0. The Morgan fingerprint density at radius 3 is 0.463 bits per heavy atom. The predicted molar refractivity (Wildman–Crippen MR) is 166 cm³/mol. The van der Waals surface area contributed by atoms with Gasteiger partial charge in [0.25, 0.3) is 0 Å². The van der Waals surface area contributed by atoms with E-state index < -0.39 is 0 Å². The van der Waals surface area contributed by atoms with Gasteiger partial charge in [0.1, 0.15) is 0 Å². The summed E-state index contributed by atoms with van der Waals surface area (Å²) in [5.74, 6) is 5.97. The van der Waals surface area contributed by atoms with Crippen molar-refractivity contribution in [3.63, 3.8) is 0 Å². The van der Waals surface area contributed by atoms with Crippen molar-refractivity contribution in [3.05, 3.63) is 0 Å². The third-order valence-corrected chi connectivity index (χ3v) is 13.8. The van der Waals surface area contributed by atoms with Crippen LogP contribution in [-0.2, 0) is 0 Å². The second-order valence-electron chi connectivity index (χ2n) is 15.6.